The molecule has 118 valence electrons. The van der Waals surface area contributed by atoms with Crippen molar-refractivity contribution in [2.45, 2.75) is 13.0 Å². The lowest BCUT2D eigenvalue weighted by molar-refractivity contribution is 0.0376. The van der Waals surface area contributed by atoms with Crippen molar-refractivity contribution >= 4 is 5.96 Å². The summed E-state index contributed by atoms with van der Waals surface area (Å²) in [5, 5.41) is 12.0. The van der Waals surface area contributed by atoms with Crippen LogP contribution in [0, 0.1) is 11.3 Å². The molecule has 0 spiro atoms. The van der Waals surface area contributed by atoms with Gasteiger partial charge in [-0.15, -0.1) is 0 Å². The zero-order chi connectivity index (χ0) is 15.6. The Bertz CT molecular complexity index is 532. The van der Waals surface area contributed by atoms with Gasteiger partial charge in [0, 0.05) is 19.6 Å². The standard InChI is InChI=1S/C16H23N5O/c17-12-14-3-1-4-15(11-14)13-20-16(18)19-5-2-6-21-7-9-22-10-8-21/h1,3-4,11H,2,5-10,13H2,(H3,18,19,20). The Morgan fingerprint density at radius 2 is 2.23 bits per heavy atom. The minimum absolute atomic E-state index is 0.448. The van der Waals surface area contributed by atoms with Crippen LogP contribution in [-0.4, -0.2) is 50.3 Å². The molecule has 2 rings (SSSR count). The molecule has 1 aliphatic rings. The number of hydrogen-bond donors (Lipinski definition) is 2. The number of nitrogens with zero attached hydrogens (tertiary/aromatic N) is 3. The van der Waals surface area contributed by atoms with Crippen molar-refractivity contribution in [1.29, 1.82) is 5.26 Å². The van der Waals surface area contributed by atoms with Crippen LogP contribution in [0.5, 0.6) is 0 Å². The SMILES string of the molecule is N#Cc1cccc(CN=C(N)NCCCN2CCOCC2)c1. The highest BCUT2D eigenvalue weighted by atomic mass is 16.5. The van der Waals surface area contributed by atoms with Crippen LogP contribution in [-0.2, 0) is 11.3 Å². The number of aliphatic imine (C=N–C) groups is 1. The van der Waals surface area contributed by atoms with Gasteiger partial charge in [0.25, 0.3) is 0 Å². The molecule has 6 nitrogen and oxygen atoms in total. The molecule has 0 radical (unpaired) electrons. The zero-order valence-electron chi connectivity index (χ0n) is 12.8. The third-order valence-electron chi connectivity index (χ3n) is 3.55. The van der Waals surface area contributed by atoms with Crippen molar-refractivity contribution in [1.82, 2.24) is 10.2 Å². The molecule has 0 aromatic heterocycles. The van der Waals surface area contributed by atoms with Gasteiger partial charge in [-0.25, -0.2) is 4.99 Å². The van der Waals surface area contributed by atoms with Gasteiger partial charge in [-0.1, -0.05) is 12.1 Å². The summed E-state index contributed by atoms with van der Waals surface area (Å²) in [7, 11) is 0. The lowest BCUT2D eigenvalue weighted by atomic mass is 10.1. The highest BCUT2D eigenvalue weighted by Crippen LogP contribution is 2.05. The summed E-state index contributed by atoms with van der Waals surface area (Å²) in [5.41, 5.74) is 7.48. The highest BCUT2D eigenvalue weighted by Gasteiger charge is 2.08. The molecule has 1 aromatic carbocycles. The summed E-state index contributed by atoms with van der Waals surface area (Å²) in [6.07, 6.45) is 1.03. The number of guanidine groups is 1. The van der Waals surface area contributed by atoms with Crippen LogP contribution in [0.1, 0.15) is 17.5 Å². The second kappa shape index (κ2) is 9.03. The molecule has 0 unspecified atom stereocenters. The Morgan fingerprint density at radius 3 is 3.00 bits per heavy atom. The van der Waals surface area contributed by atoms with Crippen molar-refractivity contribution in [3.8, 4) is 6.07 Å². The van der Waals surface area contributed by atoms with Crippen LogP contribution in [0.3, 0.4) is 0 Å². The van der Waals surface area contributed by atoms with Crippen LogP contribution < -0.4 is 11.1 Å². The second-order valence-electron chi connectivity index (χ2n) is 5.25. The monoisotopic (exact) mass is 301 g/mol. The van der Waals surface area contributed by atoms with Gasteiger partial charge >= 0.3 is 0 Å². The second-order valence-corrected chi connectivity index (χ2v) is 5.25. The fourth-order valence-electron chi connectivity index (χ4n) is 2.32. The number of morpholine rings is 1. The molecule has 1 aliphatic heterocycles. The van der Waals surface area contributed by atoms with E-state index in [4.69, 9.17) is 15.7 Å². The van der Waals surface area contributed by atoms with Gasteiger partial charge in [0.2, 0.25) is 0 Å². The molecule has 1 fully saturated rings. The van der Waals surface area contributed by atoms with Crippen LogP contribution in [0.4, 0.5) is 0 Å². The summed E-state index contributed by atoms with van der Waals surface area (Å²) in [6.45, 7) is 6.03. The Balaban J connectivity index is 1.65. The number of rotatable bonds is 6. The molecule has 0 amide bonds. The predicted octanol–water partition coefficient (Wildman–Crippen LogP) is 0.685. The van der Waals surface area contributed by atoms with E-state index in [2.05, 4.69) is 21.3 Å². The molecular weight excluding hydrogens is 278 g/mol. The van der Waals surface area contributed by atoms with Gasteiger partial charge < -0.3 is 15.8 Å². The van der Waals surface area contributed by atoms with Gasteiger partial charge in [0.15, 0.2) is 5.96 Å². The summed E-state index contributed by atoms with van der Waals surface area (Å²) in [6, 6.07) is 9.52. The van der Waals surface area contributed by atoms with Gasteiger partial charge in [0.05, 0.1) is 31.4 Å². The van der Waals surface area contributed by atoms with Gasteiger partial charge in [-0.05, 0) is 30.7 Å². The molecular formula is C16H23N5O. The molecule has 1 heterocycles. The molecule has 1 saturated heterocycles. The van der Waals surface area contributed by atoms with E-state index >= 15 is 0 Å². The topological polar surface area (TPSA) is 86.7 Å². The molecule has 0 aliphatic carbocycles. The first kappa shape index (κ1) is 16.3. The number of hydrogen-bond acceptors (Lipinski definition) is 4. The summed E-state index contributed by atoms with van der Waals surface area (Å²) in [5.74, 6) is 0.448. The number of nitrogens with two attached hydrogens (primary N) is 1. The van der Waals surface area contributed by atoms with E-state index < -0.39 is 0 Å². The maximum absolute atomic E-state index is 8.86. The van der Waals surface area contributed by atoms with Crippen LogP contribution >= 0.6 is 0 Å². The van der Waals surface area contributed by atoms with Crippen LogP contribution in [0.15, 0.2) is 29.3 Å². The maximum atomic E-state index is 8.86. The number of nitriles is 1. The maximum Gasteiger partial charge on any atom is 0.188 e. The first-order valence-corrected chi connectivity index (χ1v) is 7.61. The smallest absolute Gasteiger partial charge is 0.188 e. The van der Waals surface area contributed by atoms with Crippen molar-refractivity contribution in [3.63, 3.8) is 0 Å². The molecule has 0 atom stereocenters. The highest BCUT2D eigenvalue weighted by molar-refractivity contribution is 5.77. The third-order valence-corrected chi connectivity index (χ3v) is 3.55. The molecule has 1 aromatic rings. The van der Waals surface area contributed by atoms with E-state index in [0.717, 1.165) is 51.4 Å². The Morgan fingerprint density at radius 1 is 1.41 bits per heavy atom. The number of nitrogens with one attached hydrogen (secondary N) is 1. The average molecular weight is 301 g/mol. The molecule has 0 bridgehead atoms. The largest absolute Gasteiger partial charge is 0.379 e. The van der Waals surface area contributed by atoms with Crippen molar-refractivity contribution in [3.05, 3.63) is 35.4 Å². The van der Waals surface area contributed by atoms with E-state index in [1.54, 1.807) is 6.07 Å². The molecule has 6 heteroatoms. The van der Waals surface area contributed by atoms with Crippen LogP contribution in [0.2, 0.25) is 0 Å². The predicted molar refractivity (Wildman–Crippen MR) is 86.4 cm³/mol. The average Bonchev–Trinajstić information content (AvgIpc) is 2.58. The quantitative estimate of drug-likeness (QED) is 0.458. The van der Waals surface area contributed by atoms with Crippen molar-refractivity contribution in [2.24, 2.45) is 10.7 Å². The zero-order valence-corrected chi connectivity index (χ0v) is 12.8. The van der Waals surface area contributed by atoms with E-state index in [9.17, 15) is 0 Å². The van der Waals surface area contributed by atoms with E-state index in [1.807, 2.05) is 18.2 Å². The first-order chi connectivity index (χ1) is 10.8. The minimum Gasteiger partial charge on any atom is -0.379 e. The summed E-state index contributed by atoms with van der Waals surface area (Å²) >= 11 is 0. The van der Waals surface area contributed by atoms with E-state index in [-0.39, 0.29) is 0 Å². The lowest BCUT2D eigenvalue weighted by Gasteiger charge is -2.26. The lowest BCUT2D eigenvalue weighted by Crippen LogP contribution is -2.39. The normalized spacial score (nSPS) is 16.2. The minimum atomic E-state index is 0.448. The van der Waals surface area contributed by atoms with E-state index in [0.29, 0.717) is 18.1 Å². The number of benzene rings is 1. The first-order valence-electron chi connectivity index (χ1n) is 7.61. The Hall–Kier alpha value is -2.10. The van der Waals surface area contributed by atoms with Crippen molar-refractivity contribution in [2.75, 3.05) is 39.4 Å². The van der Waals surface area contributed by atoms with Gasteiger partial charge in [0.1, 0.15) is 0 Å². The molecule has 0 saturated carbocycles. The van der Waals surface area contributed by atoms with E-state index in [1.165, 1.54) is 0 Å². The fourth-order valence-corrected chi connectivity index (χ4v) is 2.32. The van der Waals surface area contributed by atoms with Gasteiger partial charge in [-0.3, -0.25) is 4.90 Å². The summed E-state index contributed by atoms with van der Waals surface area (Å²) in [4.78, 5) is 6.69. The third kappa shape index (κ3) is 5.72. The molecule has 22 heavy (non-hydrogen) atoms. The fraction of sp³-hybridized carbons (Fsp3) is 0.500. The molecule has 3 N–H and O–H groups in total. The van der Waals surface area contributed by atoms with Gasteiger partial charge in [-0.2, -0.15) is 5.26 Å². The Kier molecular flexibility index (Phi) is 6.68. The van der Waals surface area contributed by atoms with Crippen LogP contribution in [0.25, 0.3) is 0 Å². The summed E-state index contributed by atoms with van der Waals surface area (Å²) < 4.78 is 5.32. The Labute approximate surface area is 131 Å². The van der Waals surface area contributed by atoms with Crippen molar-refractivity contribution < 1.29 is 4.74 Å². The number of ether oxygens (including phenoxy) is 1.